The highest BCUT2D eigenvalue weighted by atomic mass is 16.5. The first-order valence-corrected chi connectivity index (χ1v) is 9.98. The molecule has 156 valence electrons. The maximum absolute atomic E-state index is 12.8. The molecular weight excluding hydrogens is 362 g/mol. The molecule has 7 heteroatoms. The van der Waals surface area contributed by atoms with Gasteiger partial charge in [0.15, 0.2) is 5.78 Å². The molecule has 7 nitrogen and oxygen atoms in total. The Hall–Kier alpha value is -1.96. The van der Waals surface area contributed by atoms with Gasteiger partial charge in [0.25, 0.3) is 6.47 Å². The van der Waals surface area contributed by atoms with E-state index in [0.29, 0.717) is 19.8 Å². The third kappa shape index (κ3) is 7.58. The average Bonchev–Trinajstić information content (AvgIpc) is 2.75. The molecule has 2 aliphatic heterocycles. The van der Waals surface area contributed by atoms with Crippen LogP contribution < -0.4 is 4.74 Å². The molecule has 2 fully saturated rings. The van der Waals surface area contributed by atoms with Crippen molar-refractivity contribution in [2.45, 2.75) is 25.7 Å². The van der Waals surface area contributed by atoms with Crippen LogP contribution in [0.15, 0.2) is 24.3 Å². The molecule has 1 N–H and O–H groups in total. The molecule has 0 radical (unpaired) electrons. The fraction of sp³-hybridized carbons (Fsp3) is 0.619. The van der Waals surface area contributed by atoms with Crippen molar-refractivity contribution in [3.8, 4) is 5.75 Å². The first-order valence-electron chi connectivity index (χ1n) is 9.98. The zero-order valence-corrected chi connectivity index (χ0v) is 16.4. The molecule has 0 amide bonds. The number of carbonyl (C=O) groups excluding carboxylic acids is 1. The highest BCUT2D eigenvalue weighted by Gasteiger charge is 2.25. The fourth-order valence-electron chi connectivity index (χ4n) is 3.42. The van der Waals surface area contributed by atoms with Gasteiger partial charge < -0.3 is 19.3 Å². The average molecular weight is 393 g/mol. The van der Waals surface area contributed by atoms with Gasteiger partial charge in [-0.1, -0.05) is 12.1 Å². The van der Waals surface area contributed by atoms with Crippen molar-refractivity contribution in [2.24, 2.45) is 5.92 Å². The van der Waals surface area contributed by atoms with E-state index in [0.717, 1.165) is 69.8 Å². The second-order valence-electron chi connectivity index (χ2n) is 6.86. The van der Waals surface area contributed by atoms with Gasteiger partial charge in [-0.05, 0) is 44.4 Å². The minimum Gasteiger partial charge on any atom is -0.493 e. The van der Waals surface area contributed by atoms with Crippen LogP contribution >= 0.6 is 0 Å². The quantitative estimate of drug-likeness (QED) is 0.413. The smallest absolute Gasteiger partial charge is 0.290 e. The van der Waals surface area contributed by atoms with Gasteiger partial charge in [-0.15, -0.1) is 0 Å². The molecule has 0 aliphatic carbocycles. The number of carbonyl (C=O) groups is 2. The second-order valence-corrected chi connectivity index (χ2v) is 6.86. The number of hydrogen-bond donors (Lipinski definition) is 1. The van der Waals surface area contributed by atoms with Crippen LogP contribution in [0.4, 0.5) is 0 Å². The molecule has 0 aromatic heterocycles. The summed E-state index contributed by atoms with van der Waals surface area (Å²) in [7, 11) is 0. The van der Waals surface area contributed by atoms with Crippen LogP contribution in [0.3, 0.4) is 0 Å². The molecule has 2 saturated heterocycles. The van der Waals surface area contributed by atoms with Crippen LogP contribution in [0.2, 0.25) is 0 Å². The Balaban J connectivity index is 0.000000878. The number of ketones is 1. The van der Waals surface area contributed by atoms with Gasteiger partial charge >= 0.3 is 0 Å². The van der Waals surface area contributed by atoms with Crippen LogP contribution in [-0.4, -0.2) is 74.9 Å². The van der Waals surface area contributed by atoms with Crippen molar-refractivity contribution < 1.29 is 28.9 Å². The molecule has 0 spiro atoms. The second kappa shape index (κ2) is 13.3. The maximum Gasteiger partial charge on any atom is 0.290 e. The molecule has 2 aliphatic rings. The summed E-state index contributed by atoms with van der Waals surface area (Å²) in [6.07, 6.45) is 3.73. The molecule has 28 heavy (non-hydrogen) atoms. The van der Waals surface area contributed by atoms with Crippen molar-refractivity contribution in [1.82, 2.24) is 4.90 Å². The van der Waals surface area contributed by atoms with Crippen molar-refractivity contribution in [1.29, 1.82) is 0 Å². The summed E-state index contributed by atoms with van der Waals surface area (Å²) in [5.41, 5.74) is 0.725. The standard InChI is InChI=1S/C20H29NO4.CH2O2/c22-20(17-7-13-23-14-8-17)18-5-1-2-6-19(18)25-12-4-3-9-21-10-15-24-16-11-21;2-1-3/h1-2,5-6,17H,3-4,7-16H2;1H,(H,2,3). The number of unbranched alkanes of at least 4 members (excludes halogenated alkanes) is 1. The lowest BCUT2D eigenvalue weighted by molar-refractivity contribution is -0.122. The first kappa shape index (κ1) is 22.3. The molecule has 1 aromatic rings. The summed E-state index contributed by atoms with van der Waals surface area (Å²) in [6, 6.07) is 7.65. The van der Waals surface area contributed by atoms with E-state index in [1.54, 1.807) is 0 Å². The number of carboxylic acid groups (broad SMARTS) is 1. The zero-order chi connectivity index (χ0) is 20.0. The molecule has 0 bridgehead atoms. The minimum atomic E-state index is -0.250. The van der Waals surface area contributed by atoms with E-state index >= 15 is 0 Å². The number of hydrogen-bond acceptors (Lipinski definition) is 6. The number of rotatable bonds is 8. The number of Topliss-reactive ketones (excluding diaryl/α,β-unsaturated/α-hetero) is 1. The van der Waals surface area contributed by atoms with Crippen molar-refractivity contribution in [3.05, 3.63) is 29.8 Å². The molecule has 3 rings (SSSR count). The summed E-state index contributed by atoms with van der Waals surface area (Å²) >= 11 is 0. The lowest BCUT2D eigenvalue weighted by atomic mass is 9.90. The van der Waals surface area contributed by atoms with Crippen LogP contribution in [0.5, 0.6) is 5.75 Å². The summed E-state index contributed by atoms with van der Waals surface area (Å²) in [5, 5.41) is 6.89. The van der Waals surface area contributed by atoms with E-state index in [1.165, 1.54) is 0 Å². The van der Waals surface area contributed by atoms with Gasteiger partial charge in [-0.25, -0.2) is 0 Å². The fourth-order valence-corrected chi connectivity index (χ4v) is 3.42. The van der Waals surface area contributed by atoms with Gasteiger partial charge in [-0.2, -0.15) is 0 Å². The number of benzene rings is 1. The van der Waals surface area contributed by atoms with Crippen LogP contribution in [-0.2, 0) is 14.3 Å². The normalized spacial score (nSPS) is 18.0. The molecule has 2 heterocycles. The molecule has 0 atom stereocenters. The number of nitrogens with zero attached hydrogens (tertiary/aromatic N) is 1. The topological polar surface area (TPSA) is 85.3 Å². The predicted octanol–water partition coefficient (Wildman–Crippen LogP) is 2.49. The lowest BCUT2D eigenvalue weighted by Gasteiger charge is -2.26. The number of para-hydroxylation sites is 1. The van der Waals surface area contributed by atoms with Gasteiger partial charge in [0.2, 0.25) is 0 Å². The first-order chi connectivity index (χ1) is 13.8. The third-order valence-electron chi connectivity index (χ3n) is 4.97. The highest BCUT2D eigenvalue weighted by molar-refractivity contribution is 6.00. The Morgan fingerprint density at radius 3 is 2.46 bits per heavy atom. The van der Waals surface area contributed by atoms with Crippen LogP contribution in [0, 0.1) is 5.92 Å². The van der Waals surface area contributed by atoms with Crippen LogP contribution in [0.25, 0.3) is 0 Å². The molecule has 0 unspecified atom stereocenters. The van der Waals surface area contributed by atoms with Gasteiger partial charge in [0.05, 0.1) is 25.4 Å². The number of morpholine rings is 1. The Bertz CT molecular complexity index is 582. The van der Waals surface area contributed by atoms with E-state index in [1.807, 2.05) is 24.3 Å². The summed E-state index contributed by atoms with van der Waals surface area (Å²) in [4.78, 5) is 23.6. The maximum atomic E-state index is 12.8. The van der Waals surface area contributed by atoms with Crippen molar-refractivity contribution in [2.75, 3.05) is 52.7 Å². The van der Waals surface area contributed by atoms with E-state index < -0.39 is 0 Å². The molecule has 1 aromatic carbocycles. The predicted molar refractivity (Wildman–Crippen MR) is 105 cm³/mol. The monoisotopic (exact) mass is 393 g/mol. The van der Waals surface area contributed by atoms with E-state index in [9.17, 15) is 4.79 Å². The van der Waals surface area contributed by atoms with Crippen molar-refractivity contribution >= 4 is 12.3 Å². The summed E-state index contributed by atoms with van der Waals surface area (Å²) in [5.74, 6) is 0.998. The Morgan fingerprint density at radius 2 is 1.75 bits per heavy atom. The lowest BCUT2D eigenvalue weighted by Crippen LogP contribution is -2.36. The highest BCUT2D eigenvalue weighted by Crippen LogP contribution is 2.26. The van der Waals surface area contributed by atoms with Crippen LogP contribution in [0.1, 0.15) is 36.0 Å². The molecule has 0 saturated carbocycles. The van der Waals surface area contributed by atoms with Gasteiger partial charge in [0, 0.05) is 32.2 Å². The van der Waals surface area contributed by atoms with Gasteiger partial charge in [0.1, 0.15) is 5.75 Å². The van der Waals surface area contributed by atoms with Crippen molar-refractivity contribution in [3.63, 3.8) is 0 Å². The summed E-state index contributed by atoms with van der Waals surface area (Å²) in [6.45, 7) is 6.61. The van der Waals surface area contributed by atoms with E-state index in [-0.39, 0.29) is 18.2 Å². The minimum absolute atomic E-state index is 0.0693. The Morgan fingerprint density at radius 1 is 1.11 bits per heavy atom. The third-order valence-corrected chi connectivity index (χ3v) is 4.97. The number of ether oxygens (including phenoxy) is 3. The Kier molecular flexibility index (Phi) is 10.6. The molecular formula is C21H31NO6. The SMILES string of the molecule is O=C(c1ccccc1OCCCCN1CCOCC1)C1CCOCC1.O=CO. The Labute approximate surface area is 166 Å². The van der Waals surface area contributed by atoms with E-state index in [2.05, 4.69) is 4.90 Å². The largest absolute Gasteiger partial charge is 0.493 e. The summed E-state index contributed by atoms with van der Waals surface area (Å²) < 4.78 is 16.7. The van der Waals surface area contributed by atoms with Gasteiger partial charge in [-0.3, -0.25) is 14.5 Å². The van der Waals surface area contributed by atoms with E-state index in [4.69, 9.17) is 24.1 Å². The zero-order valence-electron chi connectivity index (χ0n) is 16.4.